The molecule has 23 heavy (non-hydrogen) atoms. The summed E-state index contributed by atoms with van der Waals surface area (Å²) in [6.45, 7) is 6.25. The lowest BCUT2D eigenvalue weighted by Gasteiger charge is -2.23. The second-order valence-corrected chi connectivity index (χ2v) is 7.26. The van der Waals surface area contributed by atoms with Gasteiger partial charge < -0.3 is 10.6 Å². The molecule has 0 aromatic carbocycles. The van der Waals surface area contributed by atoms with Gasteiger partial charge in [0.2, 0.25) is 0 Å². The minimum absolute atomic E-state index is 0.129. The first-order valence-corrected chi connectivity index (χ1v) is 8.20. The largest absolute Gasteiger partial charge is 0.367 e. The van der Waals surface area contributed by atoms with Crippen LogP contribution in [0.2, 0.25) is 0 Å². The van der Waals surface area contributed by atoms with E-state index in [1.807, 2.05) is 12.3 Å². The van der Waals surface area contributed by atoms with Crippen LogP contribution in [0.1, 0.15) is 52.1 Å². The number of anilines is 2. The van der Waals surface area contributed by atoms with Gasteiger partial charge in [-0.2, -0.15) is 5.26 Å². The normalized spacial score (nSPS) is 15.6. The van der Waals surface area contributed by atoms with Crippen LogP contribution in [0.15, 0.2) is 18.3 Å². The fraction of sp³-hybridized carbons (Fsp3) is 0.500. The molecule has 5 heteroatoms. The van der Waals surface area contributed by atoms with E-state index in [9.17, 15) is 5.26 Å². The molecular formula is C18H23N5. The molecule has 2 aromatic heterocycles. The van der Waals surface area contributed by atoms with Crippen molar-refractivity contribution in [3.05, 3.63) is 24.0 Å². The molecule has 3 rings (SSSR count). The predicted molar refractivity (Wildman–Crippen MR) is 93.5 cm³/mol. The van der Waals surface area contributed by atoms with Crippen LogP contribution >= 0.6 is 0 Å². The maximum atomic E-state index is 9.19. The quantitative estimate of drug-likeness (QED) is 0.894. The van der Waals surface area contributed by atoms with Gasteiger partial charge >= 0.3 is 0 Å². The zero-order valence-corrected chi connectivity index (χ0v) is 14.0. The maximum Gasteiger partial charge on any atom is 0.143 e. The molecule has 1 fully saturated rings. The number of fused-ring (bicyclic) bond motifs is 1. The zero-order chi connectivity index (χ0) is 16.4. The molecule has 0 aliphatic heterocycles. The molecule has 1 aliphatic rings. The van der Waals surface area contributed by atoms with E-state index in [2.05, 4.69) is 47.4 Å². The zero-order valence-electron chi connectivity index (χ0n) is 14.0. The van der Waals surface area contributed by atoms with E-state index < -0.39 is 0 Å². The summed E-state index contributed by atoms with van der Waals surface area (Å²) in [4.78, 5) is 8.96. The lowest BCUT2D eigenvalue weighted by atomic mass is 10.1. The molecule has 0 saturated heterocycles. The van der Waals surface area contributed by atoms with Crippen molar-refractivity contribution in [1.82, 2.24) is 9.97 Å². The van der Waals surface area contributed by atoms with Crippen LogP contribution in [0.4, 0.5) is 11.6 Å². The van der Waals surface area contributed by atoms with E-state index >= 15 is 0 Å². The van der Waals surface area contributed by atoms with E-state index in [0.29, 0.717) is 11.7 Å². The Kier molecular flexibility index (Phi) is 4.08. The second kappa shape index (κ2) is 6.04. The Balaban J connectivity index is 2.01. The number of nitriles is 1. The van der Waals surface area contributed by atoms with Crippen LogP contribution in [0.5, 0.6) is 0 Å². The third-order valence-electron chi connectivity index (χ3n) is 4.03. The smallest absolute Gasteiger partial charge is 0.143 e. The molecule has 0 bridgehead atoms. The van der Waals surface area contributed by atoms with Gasteiger partial charge in [0.15, 0.2) is 0 Å². The number of pyridine rings is 2. The van der Waals surface area contributed by atoms with E-state index in [1.165, 1.54) is 25.7 Å². The third-order valence-corrected chi connectivity index (χ3v) is 4.03. The summed E-state index contributed by atoms with van der Waals surface area (Å²) in [5, 5.41) is 18.0. The van der Waals surface area contributed by atoms with Crippen LogP contribution < -0.4 is 10.6 Å². The Morgan fingerprint density at radius 3 is 2.61 bits per heavy atom. The molecular weight excluding hydrogens is 286 g/mol. The lowest BCUT2D eigenvalue weighted by Crippen LogP contribution is -2.27. The Morgan fingerprint density at radius 2 is 1.96 bits per heavy atom. The van der Waals surface area contributed by atoms with Crippen molar-refractivity contribution in [3.8, 4) is 6.07 Å². The van der Waals surface area contributed by atoms with Gasteiger partial charge in [-0.25, -0.2) is 9.97 Å². The SMILES string of the molecule is CC(C)(C)Nc1nc(C#N)cc2cnc(NC3CCCC3)cc12. The molecule has 1 aliphatic carbocycles. The third kappa shape index (κ3) is 3.70. The highest BCUT2D eigenvalue weighted by Crippen LogP contribution is 2.28. The Bertz CT molecular complexity index is 748. The van der Waals surface area contributed by atoms with E-state index in [-0.39, 0.29) is 5.54 Å². The van der Waals surface area contributed by atoms with Gasteiger partial charge in [-0.1, -0.05) is 12.8 Å². The van der Waals surface area contributed by atoms with Crippen molar-refractivity contribution in [1.29, 1.82) is 5.26 Å². The van der Waals surface area contributed by atoms with Crippen molar-refractivity contribution in [2.75, 3.05) is 10.6 Å². The van der Waals surface area contributed by atoms with Crippen molar-refractivity contribution in [3.63, 3.8) is 0 Å². The minimum atomic E-state index is -0.129. The van der Waals surface area contributed by atoms with Crippen molar-refractivity contribution in [2.45, 2.75) is 58.0 Å². The topological polar surface area (TPSA) is 73.6 Å². The fourth-order valence-electron chi connectivity index (χ4n) is 3.01. The number of hydrogen-bond acceptors (Lipinski definition) is 5. The maximum absolute atomic E-state index is 9.19. The molecule has 1 saturated carbocycles. The average Bonchev–Trinajstić information content (AvgIpc) is 2.99. The van der Waals surface area contributed by atoms with E-state index in [1.54, 1.807) is 6.07 Å². The summed E-state index contributed by atoms with van der Waals surface area (Å²) in [6.07, 6.45) is 6.81. The summed E-state index contributed by atoms with van der Waals surface area (Å²) in [5.41, 5.74) is 0.276. The Morgan fingerprint density at radius 1 is 1.22 bits per heavy atom. The molecule has 120 valence electrons. The summed E-state index contributed by atoms with van der Waals surface area (Å²) < 4.78 is 0. The van der Waals surface area contributed by atoms with Crippen LogP contribution in [-0.2, 0) is 0 Å². The van der Waals surface area contributed by atoms with Crippen molar-refractivity contribution in [2.24, 2.45) is 0 Å². The average molecular weight is 309 g/mol. The summed E-state index contributed by atoms with van der Waals surface area (Å²) in [7, 11) is 0. The standard InChI is InChI=1S/C18H23N5/c1-18(2,3)23-17-15-9-16(21-13-6-4-5-7-13)20-11-12(15)8-14(10-19)22-17/h8-9,11,13H,4-7H2,1-3H3,(H,20,21)(H,22,23). The van der Waals surface area contributed by atoms with Gasteiger partial charge in [0, 0.05) is 28.6 Å². The highest BCUT2D eigenvalue weighted by atomic mass is 15.1. The first-order chi connectivity index (χ1) is 10.9. The highest BCUT2D eigenvalue weighted by molar-refractivity contribution is 5.94. The Hall–Kier alpha value is -2.35. The van der Waals surface area contributed by atoms with Gasteiger partial charge in [0.05, 0.1) is 0 Å². The molecule has 0 unspecified atom stereocenters. The molecule has 5 nitrogen and oxygen atoms in total. The number of nitrogens with zero attached hydrogens (tertiary/aromatic N) is 3. The van der Waals surface area contributed by atoms with Gasteiger partial charge in [-0.3, -0.25) is 0 Å². The van der Waals surface area contributed by atoms with Crippen molar-refractivity contribution >= 4 is 22.4 Å². The van der Waals surface area contributed by atoms with E-state index in [4.69, 9.17) is 0 Å². The van der Waals surface area contributed by atoms with Gasteiger partial charge in [0.25, 0.3) is 0 Å². The fourth-order valence-corrected chi connectivity index (χ4v) is 3.01. The lowest BCUT2D eigenvalue weighted by molar-refractivity contribution is 0.631. The summed E-state index contributed by atoms with van der Waals surface area (Å²) >= 11 is 0. The molecule has 0 atom stereocenters. The summed E-state index contributed by atoms with van der Waals surface area (Å²) in [5.74, 6) is 1.62. The number of hydrogen-bond donors (Lipinski definition) is 2. The van der Waals surface area contributed by atoms with Crippen LogP contribution in [0.3, 0.4) is 0 Å². The predicted octanol–water partition coefficient (Wildman–Crippen LogP) is 4.07. The summed E-state index contributed by atoms with van der Waals surface area (Å²) in [6, 6.07) is 6.47. The first kappa shape index (κ1) is 15.5. The highest BCUT2D eigenvalue weighted by Gasteiger charge is 2.17. The molecule has 2 heterocycles. The van der Waals surface area contributed by atoms with Crippen molar-refractivity contribution < 1.29 is 0 Å². The van der Waals surface area contributed by atoms with Crippen LogP contribution in [0.25, 0.3) is 10.8 Å². The monoisotopic (exact) mass is 309 g/mol. The van der Waals surface area contributed by atoms with Crippen LogP contribution in [0, 0.1) is 11.3 Å². The molecule has 2 N–H and O–H groups in total. The number of rotatable bonds is 3. The minimum Gasteiger partial charge on any atom is -0.367 e. The first-order valence-electron chi connectivity index (χ1n) is 8.20. The second-order valence-electron chi connectivity index (χ2n) is 7.26. The molecule has 0 radical (unpaired) electrons. The molecule has 0 spiro atoms. The van der Waals surface area contributed by atoms with Gasteiger partial charge in [-0.15, -0.1) is 0 Å². The molecule has 2 aromatic rings. The Labute approximate surface area is 137 Å². The van der Waals surface area contributed by atoms with Gasteiger partial charge in [0.1, 0.15) is 23.4 Å². The van der Waals surface area contributed by atoms with E-state index in [0.717, 1.165) is 22.4 Å². The number of nitrogens with one attached hydrogen (secondary N) is 2. The van der Waals surface area contributed by atoms with Crippen LogP contribution in [-0.4, -0.2) is 21.5 Å². The number of aromatic nitrogens is 2. The van der Waals surface area contributed by atoms with Gasteiger partial charge in [-0.05, 0) is 45.7 Å². The molecule has 0 amide bonds.